The molecule has 0 fully saturated rings. The smallest absolute Gasteiger partial charge is 0.320 e. The van der Waals surface area contributed by atoms with Crippen LogP contribution >= 0.6 is 0 Å². The highest BCUT2D eigenvalue weighted by Gasteiger charge is 2.14. The van der Waals surface area contributed by atoms with Crippen molar-refractivity contribution in [3.05, 3.63) is 0 Å². The summed E-state index contributed by atoms with van der Waals surface area (Å²) >= 11 is 0. The predicted molar refractivity (Wildman–Crippen MR) is 55.0 cm³/mol. The molecule has 0 aromatic carbocycles. The van der Waals surface area contributed by atoms with E-state index in [-0.39, 0.29) is 5.96 Å². The predicted octanol–water partition coefficient (Wildman–Crippen LogP) is -0.897. The molecule has 82 valence electrons. The van der Waals surface area contributed by atoms with Gasteiger partial charge in [-0.1, -0.05) is 6.92 Å². The first kappa shape index (κ1) is 12.7. The third-order valence-corrected chi connectivity index (χ3v) is 1.69. The fraction of sp³-hybridized carbons (Fsp3) is 0.750. The van der Waals surface area contributed by atoms with E-state index >= 15 is 0 Å². The van der Waals surface area contributed by atoms with Crippen LogP contribution in [0.4, 0.5) is 0 Å². The minimum absolute atomic E-state index is 0.0420. The third-order valence-electron chi connectivity index (χ3n) is 1.69. The lowest BCUT2D eigenvalue weighted by molar-refractivity contribution is -0.139. The number of aliphatic carboxylic acids is 1. The molecule has 6 heteroatoms. The Bertz CT molecular complexity index is 202. The Balaban J connectivity index is 3.72. The van der Waals surface area contributed by atoms with Gasteiger partial charge >= 0.3 is 5.97 Å². The van der Waals surface area contributed by atoms with Crippen LogP contribution in [-0.2, 0) is 4.79 Å². The van der Waals surface area contributed by atoms with E-state index in [0.29, 0.717) is 25.9 Å². The topological polar surface area (TPSA) is 114 Å². The molecular formula is C8H18N4O2. The van der Waals surface area contributed by atoms with E-state index in [2.05, 4.69) is 10.3 Å². The number of aliphatic imine (C=N–C) groups is 1. The van der Waals surface area contributed by atoms with Gasteiger partial charge in [0.15, 0.2) is 5.96 Å². The molecule has 0 rings (SSSR count). The Morgan fingerprint density at radius 3 is 2.64 bits per heavy atom. The quantitative estimate of drug-likeness (QED) is 0.243. The zero-order valence-electron chi connectivity index (χ0n) is 8.36. The molecule has 0 saturated heterocycles. The summed E-state index contributed by atoms with van der Waals surface area (Å²) in [5.74, 6) is -0.795. The summed E-state index contributed by atoms with van der Waals surface area (Å²) in [7, 11) is 0. The van der Waals surface area contributed by atoms with Gasteiger partial charge in [-0.2, -0.15) is 0 Å². The second-order valence-corrected chi connectivity index (χ2v) is 2.90. The van der Waals surface area contributed by atoms with E-state index < -0.39 is 12.0 Å². The molecule has 0 radical (unpaired) electrons. The molecule has 6 nitrogen and oxygen atoms in total. The third kappa shape index (κ3) is 6.24. The lowest BCUT2D eigenvalue weighted by Crippen LogP contribution is -2.36. The van der Waals surface area contributed by atoms with E-state index in [1.807, 2.05) is 6.92 Å². The number of hydrogen-bond acceptors (Lipinski definition) is 3. The highest BCUT2D eigenvalue weighted by Crippen LogP contribution is 1.97. The van der Waals surface area contributed by atoms with Crippen molar-refractivity contribution in [1.29, 1.82) is 0 Å². The van der Waals surface area contributed by atoms with Crippen LogP contribution in [0.15, 0.2) is 4.99 Å². The Kier molecular flexibility index (Phi) is 6.47. The summed E-state index contributed by atoms with van der Waals surface area (Å²) in [4.78, 5) is 14.4. The largest absolute Gasteiger partial charge is 0.480 e. The fourth-order valence-electron chi connectivity index (χ4n) is 1.06. The van der Waals surface area contributed by atoms with Gasteiger partial charge in [-0.05, 0) is 19.4 Å². The van der Waals surface area contributed by atoms with E-state index in [0.717, 1.165) is 0 Å². The van der Waals surface area contributed by atoms with Gasteiger partial charge in [-0.25, -0.2) is 0 Å². The van der Waals surface area contributed by atoms with Crippen molar-refractivity contribution in [2.45, 2.75) is 25.8 Å². The monoisotopic (exact) mass is 202 g/mol. The maximum atomic E-state index is 10.7. The van der Waals surface area contributed by atoms with Crippen LogP contribution in [0.25, 0.3) is 0 Å². The number of nitrogens with two attached hydrogens (primary N) is 2. The first-order chi connectivity index (χ1) is 6.57. The van der Waals surface area contributed by atoms with Gasteiger partial charge in [0.1, 0.15) is 6.04 Å². The van der Waals surface area contributed by atoms with Crippen LogP contribution in [-0.4, -0.2) is 36.2 Å². The summed E-state index contributed by atoms with van der Waals surface area (Å²) in [5, 5.41) is 11.6. The van der Waals surface area contributed by atoms with Gasteiger partial charge in [-0.3, -0.25) is 9.79 Å². The Labute approximate surface area is 83.4 Å². The average Bonchev–Trinajstić information content (AvgIpc) is 2.09. The van der Waals surface area contributed by atoms with Crippen molar-refractivity contribution >= 4 is 11.9 Å². The standard InChI is InChI=1S/C8H18N4O2/c1-2-11-6(7(13)14)4-3-5-12-8(9)10/h6,11H,2-5H2,1H3,(H,13,14)(H4,9,10,12)/t6-/m1/s1. The fourth-order valence-corrected chi connectivity index (χ4v) is 1.06. The van der Waals surface area contributed by atoms with Crippen LogP contribution in [0.2, 0.25) is 0 Å². The van der Waals surface area contributed by atoms with Gasteiger partial charge in [0.2, 0.25) is 0 Å². The minimum Gasteiger partial charge on any atom is -0.480 e. The van der Waals surface area contributed by atoms with E-state index in [4.69, 9.17) is 16.6 Å². The van der Waals surface area contributed by atoms with Crippen LogP contribution in [0.1, 0.15) is 19.8 Å². The molecule has 0 bridgehead atoms. The molecule has 6 N–H and O–H groups in total. The highest BCUT2D eigenvalue weighted by atomic mass is 16.4. The molecule has 0 saturated carbocycles. The van der Waals surface area contributed by atoms with Gasteiger partial charge < -0.3 is 21.9 Å². The molecular weight excluding hydrogens is 184 g/mol. The second-order valence-electron chi connectivity index (χ2n) is 2.90. The number of nitrogens with one attached hydrogen (secondary N) is 1. The molecule has 0 unspecified atom stereocenters. The molecule has 0 aliphatic rings. The molecule has 0 spiro atoms. The first-order valence-corrected chi connectivity index (χ1v) is 4.59. The van der Waals surface area contributed by atoms with Crippen LogP contribution < -0.4 is 16.8 Å². The number of guanidine groups is 1. The number of nitrogens with zero attached hydrogens (tertiary/aromatic N) is 1. The van der Waals surface area contributed by atoms with Crippen molar-refractivity contribution in [1.82, 2.24) is 5.32 Å². The summed E-state index contributed by atoms with van der Waals surface area (Å²) in [6.45, 7) is 2.97. The second kappa shape index (κ2) is 7.14. The maximum absolute atomic E-state index is 10.7. The SMILES string of the molecule is CCN[C@H](CCCN=C(N)N)C(=O)O. The first-order valence-electron chi connectivity index (χ1n) is 4.59. The zero-order chi connectivity index (χ0) is 11.0. The molecule has 1 atom stereocenters. The average molecular weight is 202 g/mol. The van der Waals surface area contributed by atoms with E-state index in [1.54, 1.807) is 0 Å². The minimum atomic E-state index is -0.837. The highest BCUT2D eigenvalue weighted by molar-refractivity contribution is 5.75. The number of carboxylic acids is 1. The van der Waals surface area contributed by atoms with Crippen molar-refractivity contribution in [3.63, 3.8) is 0 Å². The lowest BCUT2D eigenvalue weighted by Gasteiger charge is -2.11. The number of rotatable bonds is 7. The van der Waals surface area contributed by atoms with Crippen molar-refractivity contribution < 1.29 is 9.90 Å². The van der Waals surface area contributed by atoms with Crippen molar-refractivity contribution in [3.8, 4) is 0 Å². The molecule has 0 amide bonds. The van der Waals surface area contributed by atoms with Crippen molar-refractivity contribution in [2.75, 3.05) is 13.1 Å². The summed E-state index contributed by atoms with van der Waals surface area (Å²) in [6.07, 6.45) is 1.18. The number of carboxylic acid groups (broad SMARTS) is 1. The van der Waals surface area contributed by atoms with E-state index in [1.165, 1.54) is 0 Å². The lowest BCUT2D eigenvalue weighted by atomic mass is 10.1. The molecule has 0 aromatic heterocycles. The van der Waals surface area contributed by atoms with Gasteiger partial charge in [0, 0.05) is 6.54 Å². The Morgan fingerprint density at radius 2 is 2.21 bits per heavy atom. The van der Waals surface area contributed by atoms with Crippen LogP contribution in [0.5, 0.6) is 0 Å². The normalized spacial score (nSPS) is 12.1. The summed E-state index contributed by atoms with van der Waals surface area (Å²) in [6, 6.07) is -0.505. The van der Waals surface area contributed by atoms with Crippen LogP contribution in [0, 0.1) is 0 Å². The van der Waals surface area contributed by atoms with Crippen molar-refractivity contribution in [2.24, 2.45) is 16.5 Å². The van der Waals surface area contributed by atoms with E-state index in [9.17, 15) is 4.79 Å². The molecule has 14 heavy (non-hydrogen) atoms. The Hall–Kier alpha value is -1.30. The van der Waals surface area contributed by atoms with Gasteiger partial charge in [0.25, 0.3) is 0 Å². The van der Waals surface area contributed by atoms with Crippen LogP contribution in [0.3, 0.4) is 0 Å². The Morgan fingerprint density at radius 1 is 1.57 bits per heavy atom. The number of hydrogen-bond donors (Lipinski definition) is 4. The molecule has 0 aromatic rings. The number of carbonyl (C=O) groups is 1. The zero-order valence-corrected chi connectivity index (χ0v) is 8.36. The molecule has 0 heterocycles. The maximum Gasteiger partial charge on any atom is 0.320 e. The molecule has 0 aliphatic heterocycles. The van der Waals surface area contributed by atoms with Gasteiger partial charge in [0.05, 0.1) is 0 Å². The number of likely N-dealkylation sites (N-methyl/N-ethyl adjacent to an activating group) is 1. The van der Waals surface area contributed by atoms with Gasteiger partial charge in [-0.15, -0.1) is 0 Å². The summed E-state index contributed by atoms with van der Waals surface area (Å²) < 4.78 is 0. The summed E-state index contributed by atoms with van der Waals surface area (Å²) in [5.41, 5.74) is 10.2. The molecule has 0 aliphatic carbocycles.